The van der Waals surface area contributed by atoms with Crippen molar-refractivity contribution in [1.29, 1.82) is 0 Å². The molecule has 0 aliphatic rings. The number of rotatable bonds is 4. The smallest absolute Gasteiger partial charge is 0.322 e. The van der Waals surface area contributed by atoms with E-state index in [9.17, 15) is 9.90 Å². The van der Waals surface area contributed by atoms with Gasteiger partial charge in [0.05, 0.1) is 0 Å². The van der Waals surface area contributed by atoms with Crippen LogP contribution < -0.4 is 5.32 Å². The lowest BCUT2D eigenvalue weighted by Crippen LogP contribution is -2.11. The molecule has 0 atom stereocenters. The lowest BCUT2D eigenvalue weighted by Gasteiger charge is -1.99. The number of hydrogen-bond donors (Lipinski definition) is 2. The first-order valence-corrected chi connectivity index (χ1v) is 6.88. The summed E-state index contributed by atoms with van der Waals surface area (Å²) < 4.78 is 5.31. The van der Waals surface area contributed by atoms with Crippen molar-refractivity contribution in [2.75, 3.05) is 5.32 Å². The molecule has 3 aromatic rings. The summed E-state index contributed by atoms with van der Waals surface area (Å²) in [5.74, 6) is 0.0444. The van der Waals surface area contributed by atoms with Gasteiger partial charge in [-0.1, -0.05) is 41.5 Å². The van der Waals surface area contributed by atoms with Crippen molar-refractivity contribution in [3.05, 3.63) is 71.6 Å². The number of carbonyl (C=O) groups excluding carboxylic acids is 1. The lowest BCUT2D eigenvalue weighted by atomic mass is 10.2. The SMILES string of the molecule is O=C(Nc1nnc(C=Cc2ccccc2O)o1)c1ccccc1. The minimum Gasteiger partial charge on any atom is -0.507 e. The maximum atomic E-state index is 12.0. The highest BCUT2D eigenvalue weighted by molar-refractivity contribution is 6.03. The molecule has 23 heavy (non-hydrogen) atoms. The highest BCUT2D eigenvalue weighted by Gasteiger charge is 2.10. The van der Waals surface area contributed by atoms with E-state index < -0.39 is 0 Å². The second kappa shape index (κ2) is 6.57. The Morgan fingerprint density at radius 1 is 1.00 bits per heavy atom. The lowest BCUT2D eigenvalue weighted by molar-refractivity contribution is 0.102. The molecule has 114 valence electrons. The molecule has 0 radical (unpaired) electrons. The zero-order valence-electron chi connectivity index (χ0n) is 12.0. The number of aromatic hydroxyl groups is 1. The second-order valence-corrected chi connectivity index (χ2v) is 4.66. The van der Waals surface area contributed by atoms with Crippen LogP contribution in [0.1, 0.15) is 21.8 Å². The standard InChI is InChI=1S/C17H13N3O3/c21-14-9-5-4-6-12(14)10-11-15-19-20-17(23-15)18-16(22)13-7-2-1-3-8-13/h1-11,21H,(H,18,20,22). The molecule has 0 saturated heterocycles. The second-order valence-electron chi connectivity index (χ2n) is 4.66. The van der Waals surface area contributed by atoms with Crippen LogP contribution in [0.4, 0.5) is 6.01 Å². The Balaban J connectivity index is 1.69. The van der Waals surface area contributed by atoms with Crippen molar-refractivity contribution in [3.63, 3.8) is 0 Å². The van der Waals surface area contributed by atoms with Gasteiger partial charge in [0.15, 0.2) is 0 Å². The molecule has 2 aromatic carbocycles. The molecule has 0 fully saturated rings. The Bertz CT molecular complexity index is 841. The summed E-state index contributed by atoms with van der Waals surface area (Å²) in [7, 11) is 0. The minimum absolute atomic E-state index is 0.00999. The molecule has 1 aromatic heterocycles. The van der Waals surface area contributed by atoms with Crippen molar-refractivity contribution in [1.82, 2.24) is 10.2 Å². The van der Waals surface area contributed by atoms with Crippen molar-refractivity contribution < 1.29 is 14.3 Å². The number of hydrogen-bond acceptors (Lipinski definition) is 5. The molecular formula is C17H13N3O3. The summed E-state index contributed by atoms with van der Waals surface area (Å²) in [5.41, 5.74) is 1.12. The Labute approximate surface area is 132 Å². The first kappa shape index (κ1) is 14.5. The molecule has 3 rings (SSSR count). The maximum Gasteiger partial charge on any atom is 0.322 e. The van der Waals surface area contributed by atoms with Gasteiger partial charge in [-0.2, -0.15) is 0 Å². The molecule has 0 saturated carbocycles. The number of phenols is 1. The Kier molecular flexibility index (Phi) is 4.15. The van der Waals surface area contributed by atoms with Crippen LogP contribution in [0, 0.1) is 0 Å². The number of anilines is 1. The molecule has 0 unspecified atom stereocenters. The molecule has 2 N–H and O–H groups in total. The zero-order chi connectivity index (χ0) is 16.1. The predicted molar refractivity (Wildman–Crippen MR) is 85.7 cm³/mol. The fourth-order valence-electron chi connectivity index (χ4n) is 1.90. The van der Waals surface area contributed by atoms with E-state index in [1.54, 1.807) is 60.7 Å². The van der Waals surface area contributed by atoms with Gasteiger partial charge in [0, 0.05) is 17.2 Å². The van der Waals surface area contributed by atoms with Gasteiger partial charge >= 0.3 is 6.01 Å². The number of benzene rings is 2. The average Bonchev–Trinajstić information content (AvgIpc) is 3.02. The zero-order valence-corrected chi connectivity index (χ0v) is 12.0. The Morgan fingerprint density at radius 3 is 2.52 bits per heavy atom. The van der Waals surface area contributed by atoms with Gasteiger partial charge < -0.3 is 9.52 Å². The number of carbonyl (C=O) groups is 1. The fraction of sp³-hybridized carbons (Fsp3) is 0. The van der Waals surface area contributed by atoms with Gasteiger partial charge in [-0.05, 0) is 24.3 Å². The third kappa shape index (κ3) is 3.62. The molecule has 6 nitrogen and oxygen atoms in total. The highest BCUT2D eigenvalue weighted by atomic mass is 16.4. The molecule has 0 bridgehead atoms. The monoisotopic (exact) mass is 307 g/mol. The van der Waals surface area contributed by atoms with Crippen molar-refractivity contribution in [2.45, 2.75) is 0 Å². The van der Waals surface area contributed by atoms with Gasteiger partial charge in [-0.15, -0.1) is 5.10 Å². The minimum atomic E-state index is -0.328. The number of aromatic nitrogens is 2. The highest BCUT2D eigenvalue weighted by Crippen LogP contribution is 2.18. The third-order valence-electron chi connectivity index (χ3n) is 3.04. The fourth-order valence-corrected chi connectivity index (χ4v) is 1.90. The van der Waals surface area contributed by atoms with Crippen LogP contribution >= 0.6 is 0 Å². The molecule has 1 amide bonds. The summed E-state index contributed by atoms with van der Waals surface area (Å²) in [6, 6.07) is 15.6. The number of nitrogens with one attached hydrogen (secondary N) is 1. The molecule has 0 spiro atoms. The third-order valence-corrected chi connectivity index (χ3v) is 3.04. The van der Waals surface area contributed by atoms with E-state index in [1.165, 1.54) is 0 Å². The summed E-state index contributed by atoms with van der Waals surface area (Å²) in [4.78, 5) is 12.0. The maximum absolute atomic E-state index is 12.0. The number of phenolic OH excluding ortho intramolecular Hbond substituents is 1. The van der Waals surface area contributed by atoms with Gasteiger partial charge in [0.25, 0.3) is 5.91 Å². The summed E-state index contributed by atoms with van der Waals surface area (Å²) in [6.45, 7) is 0. The van der Waals surface area contributed by atoms with Crippen molar-refractivity contribution in [3.8, 4) is 5.75 Å². The average molecular weight is 307 g/mol. The molecule has 1 heterocycles. The summed E-state index contributed by atoms with van der Waals surface area (Å²) >= 11 is 0. The van der Waals surface area contributed by atoms with Crippen LogP contribution in [0.25, 0.3) is 12.2 Å². The molecule has 0 aliphatic heterocycles. The summed E-state index contributed by atoms with van der Waals surface area (Å²) in [5, 5.41) is 19.8. The number of amides is 1. The topological polar surface area (TPSA) is 88.2 Å². The normalized spacial score (nSPS) is 10.8. The van der Waals surface area contributed by atoms with E-state index in [1.807, 2.05) is 6.07 Å². The van der Waals surface area contributed by atoms with Gasteiger partial charge in [-0.3, -0.25) is 10.1 Å². The first-order valence-electron chi connectivity index (χ1n) is 6.88. The van der Waals surface area contributed by atoms with E-state index in [4.69, 9.17) is 4.42 Å². The Hall–Kier alpha value is -3.41. The predicted octanol–water partition coefficient (Wildman–Crippen LogP) is 3.20. The largest absolute Gasteiger partial charge is 0.507 e. The van der Waals surface area contributed by atoms with E-state index >= 15 is 0 Å². The van der Waals surface area contributed by atoms with Crippen LogP contribution in [0.15, 0.2) is 59.0 Å². The molecule has 0 aliphatic carbocycles. The Morgan fingerprint density at radius 2 is 1.74 bits per heavy atom. The van der Waals surface area contributed by atoms with Crippen molar-refractivity contribution in [2.24, 2.45) is 0 Å². The quantitative estimate of drug-likeness (QED) is 0.772. The first-order chi connectivity index (χ1) is 11.2. The van der Waals surface area contributed by atoms with E-state index in [2.05, 4.69) is 15.5 Å². The molecular weight excluding hydrogens is 294 g/mol. The van der Waals surface area contributed by atoms with Crippen LogP contribution in [0.3, 0.4) is 0 Å². The van der Waals surface area contributed by atoms with Crippen molar-refractivity contribution >= 4 is 24.1 Å². The molecule has 6 heteroatoms. The van der Waals surface area contributed by atoms with Crippen LogP contribution in [0.5, 0.6) is 5.75 Å². The van der Waals surface area contributed by atoms with E-state index in [-0.39, 0.29) is 23.6 Å². The van der Waals surface area contributed by atoms with Crippen LogP contribution in [-0.2, 0) is 0 Å². The number of para-hydroxylation sites is 1. The van der Waals surface area contributed by atoms with Crippen LogP contribution in [0.2, 0.25) is 0 Å². The van der Waals surface area contributed by atoms with E-state index in [0.717, 1.165) is 0 Å². The van der Waals surface area contributed by atoms with Crippen LogP contribution in [-0.4, -0.2) is 21.2 Å². The van der Waals surface area contributed by atoms with E-state index in [0.29, 0.717) is 11.1 Å². The summed E-state index contributed by atoms with van der Waals surface area (Å²) in [6.07, 6.45) is 3.20. The van der Waals surface area contributed by atoms with Gasteiger partial charge in [-0.25, -0.2) is 0 Å². The van der Waals surface area contributed by atoms with Gasteiger partial charge in [0.1, 0.15) is 5.75 Å². The number of nitrogens with zero attached hydrogens (tertiary/aromatic N) is 2. The van der Waals surface area contributed by atoms with Gasteiger partial charge in [0.2, 0.25) is 5.89 Å².